The normalized spacial score (nSPS) is 17.6. The topological polar surface area (TPSA) is 66.1 Å². The van der Waals surface area contributed by atoms with E-state index in [2.05, 4.69) is 11.0 Å². The second kappa shape index (κ2) is 7.63. The Morgan fingerprint density at radius 3 is 2.61 bits per heavy atom. The number of hydrogen-bond donors (Lipinski definition) is 0. The van der Waals surface area contributed by atoms with Crippen molar-refractivity contribution in [2.24, 2.45) is 0 Å². The molecular formula is C22H21N3O2S. The Labute approximate surface area is 165 Å². The first-order valence-electron chi connectivity index (χ1n) is 9.31. The van der Waals surface area contributed by atoms with Crippen LogP contribution >= 0.6 is 0 Å². The van der Waals surface area contributed by atoms with E-state index in [9.17, 15) is 13.7 Å². The number of aromatic nitrogens is 1. The Balaban J connectivity index is 1.70. The van der Waals surface area contributed by atoms with Gasteiger partial charge in [0.25, 0.3) is 10.0 Å². The van der Waals surface area contributed by atoms with Crippen molar-refractivity contribution in [1.82, 2.24) is 8.87 Å². The van der Waals surface area contributed by atoms with Gasteiger partial charge >= 0.3 is 0 Å². The summed E-state index contributed by atoms with van der Waals surface area (Å²) in [5.74, 6) is 0. The Morgan fingerprint density at radius 1 is 1.07 bits per heavy atom. The van der Waals surface area contributed by atoms with E-state index >= 15 is 0 Å². The highest BCUT2D eigenvalue weighted by molar-refractivity contribution is 7.90. The van der Waals surface area contributed by atoms with Crippen molar-refractivity contribution in [3.05, 3.63) is 78.5 Å². The van der Waals surface area contributed by atoms with Crippen molar-refractivity contribution in [3.8, 4) is 6.07 Å². The van der Waals surface area contributed by atoms with Crippen molar-refractivity contribution in [2.45, 2.75) is 23.8 Å². The molecule has 0 spiro atoms. The highest BCUT2D eigenvalue weighted by Gasteiger charge is 2.22. The zero-order valence-electron chi connectivity index (χ0n) is 15.4. The van der Waals surface area contributed by atoms with Crippen LogP contribution in [0.4, 0.5) is 0 Å². The molecular weight excluding hydrogens is 370 g/mol. The zero-order valence-corrected chi connectivity index (χ0v) is 16.2. The van der Waals surface area contributed by atoms with Crippen LogP contribution in [0.1, 0.15) is 12.0 Å². The minimum atomic E-state index is -3.66. The van der Waals surface area contributed by atoms with Gasteiger partial charge in [-0.2, -0.15) is 5.26 Å². The number of hydrogen-bond acceptors (Lipinski definition) is 4. The maximum Gasteiger partial charge on any atom is 0.268 e. The number of para-hydroxylation sites is 1. The summed E-state index contributed by atoms with van der Waals surface area (Å²) in [5, 5.41) is 10.3. The summed E-state index contributed by atoms with van der Waals surface area (Å²) >= 11 is 0. The predicted octanol–water partition coefficient (Wildman–Crippen LogP) is 3.57. The van der Waals surface area contributed by atoms with Gasteiger partial charge in [0.2, 0.25) is 0 Å². The molecule has 0 saturated heterocycles. The van der Waals surface area contributed by atoms with E-state index in [1.807, 2.05) is 36.4 Å². The average molecular weight is 391 g/mol. The number of nitriles is 1. The summed E-state index contributed by atoms with van der Waals surface area (Å²) in [6.07, 6.45) is 7.33. The fourth-order valence-corrected chi connectivity index (χ4v) is 5.10. The van der Waals surface area contributed by atoms with Crippen LogP contribution in [-0.4, -0.2) is 36.4 Å². The molecule has 1 aliphatic heterocycles. The lowest BCUT2D eigenvalue weighted by Gasteiger charge is -2.27. The average Bonchev–Trinajstić information content (AvgIpc) is 3.12. The standard InChI is InChI=1S/C22H21N3O2S/c23-16-19-8-6-7-14-24(19)15-13-18-17-25(22-12-5-4-11-21(18)22)28(26,27)20-9-2-1-3-10-20/h1-6,8-12,17,19H,7,13-15H2. The Bertz CT molecular complexity index is 1160. The summed E-state index contributed by atoms with van der Waals surface area (Å²) < 4.78 is 27.7. The molecule has 1 atom stereocenters. The van der Waals surface area contributed by atoms with Gasteiger partial charge in [0.15, 0.2) is 0 Å². The quantitative estimate of drug-likeness (QED) is 0.624. The Hall–Kier alpha value is -2.88. The lowest BCUT2D eigenvalue weighted by atomic mass is 10.1. The molecule has 4 rings (SSSR count). The van der Waals surface area contributed by atoms with Crippen molar-refractivity contribution in [3.63, 3.8) is 0 Å². The van der Waals surface area contributed by atoms with Crippen LogP contribution in [0.2, 0.25) is 0 Å². The van der Waals surface area contributed by atoms with E-state index in [-0.39, 0.29) is 10.9 Å². The molecule has 0 radical (unpaired) electrons. The summed E-state index contributed by atoms with van der Waals surface area (Å²) in [4.78, 5) is 2.41. The second-order valence-corrected chi connectivity index (χ2v) is 8.68. The van der Waals surface area contributed by atoms with Crippen molar-refractivity contribution in [2.75, 3.05) is 13.1 Å². The van der Waals surface area contributed by atoms with Gasteiger partial charge in [0.1, 0.15) is 6.04 Å². The van der Waals surface area contributed by atoms with E-state index in [1.165, 1.54) is 3.97 Å². The lowest BCUT2D eigenvalue weighted by Crippen LogP contribution is -2.37. The fraction of sp³-hybridized carbons (Fsp3) is 0.227. The molecule has 0 saturated carbocycles. The molecule has 1 aliphatic rings. The Morgan fingerprint density at radius 2 is 1.82 bits per heavy atom. The first-order chi connectivity index (χ1) is 13.6. The first kappa shape index (κ1) is 18.5. The maximum absolute atomic E-state index is 13.2. The summed E-state index contributed by atoms with van der Waals surface area (Å²) in [6.45, 7) is 1.55. The SMILES string of the molecule is N#CC1C=CCCN1CCc1cn(S(=O)(=O)c2ccccc2)c2ccccc12. The summed E-state index contributed by atoms with van der Waals surface area (Å²) in [5.41, 5.74) is 1.65. The van der Waals surface area contributed by atoms with Crippen LogP contribution < -0.4 is 0 Å². The molecule has 1 unspecified atom stereocenters. The van der Waals surface area contributed by atoms with Crippen LogP contribution in [0.3, 0.4) is 0 Å². The van der Waals surface area contributed by atoms with E-state index < -0.39 is 10.0 Å². The van der Waals surface area contributed by atoms with Crippen LogP contribution in [0.5, 0.6) is 0 Å². The number of benzene rings is 2. The molecule has 2 aromatic carbocycles. The molecule has 0 fully saturated rings. The van der Waals surface area contributed by atoms with Gasteiger partial charge in [-0.15, -0.1) is 0 Å². The molecule has 0 amide bonds. The lowest BCUT2D eigenvalue weighted by molar-refractivity contribution is 0.262. The van der Waals surface area contributed by atoms with Crippen LogP contribution in [0.15, 0.2) is 77.8 Å². The minimum absolute atomic E-state index is 0.213. The van der Waals surface area contributed by atoms with Gasteiger partial charge in [0.05, 0.1) is 16.5 Å². The third-order valence-corrected chi connectivity index (χ3v) is 6.84. The Kier molecular flexibility index (Phi) is 5.03. The molecule has 0 aliphatic carbocycles. The molecule has 3 aromatic rings. The molecule has 6 heteroatoms. The van der Waals surface area contributed by atoms with E-state index in [0.29, 0.717) is 18.5 Å². The van der Waals surface area contributed by atoms with Crippen LogP contribution in [-0.2, 0) is 16.4 Å². The van der Waals surface area contributed by atoms with E-state index in [1.54, 1.807) is 36.5 Å². The van der Waals surface area contributed by atoms with Crippen molar-refractivity contribution < 1.29 is 8.42 Å². The highest BCUT2D eigenvalue weighted by atomic mass is 32.2. The number of rotatable bonds is 5. The third-order valence-electron chi connectivity index (χ3n) is 5.16. The molecule has 0 bridgehead atoms. The highest BCUT2D eigenvalue weighted by Crippen LogP contribution is 2.26. The van der Waals surface area contributed by atoms with Crippen molar-refractivity contribution in [1.29, 1.82) is 5.26 Å². The monoisotopic (exact) mass is 391 g/mol. The van der Waals surface area contributed by atoms with Gasteiger partial charge in [-0.05, 0) is 36.6 Å². The predicted molar refractivity (Wildman–Crippen MR) is 109 cm³/mol. The zero-order chi connectivity index (χ0) is 19.6. The fourth-order valence-electron chi connectivity index (χ4n) is 3.69. The van der Waals surface area contributed by atoms with Gasteiger partial charge < -0.3 is 0 Å². The van der Waals surface area contributed by atoms with Crippen molar-refractivity contribution >= 4 is 20.9 Å². The number of nitrogens with zero attached hydrogens (tertiary/aromatic N) is 3. The van der Waals surface area contributed by atoms with Gasteiger partial charge in [0, 0.05) is 24.7 Å². The molecule has 2 heterocycles. The second-order valence-electron chi connectivity index (χ2n) is 6.86. The van der Waals surface area contributed by atoms with Crippen LogP contribution in [0, 0.1) is 11.3 Å². The molecule has 1 aromatic heterocycles. The van der Waals surface area contributed by atoms with E-state index in [4.69, 9.17) is 0 Å². The largest absolute Gasteiger partial charge is 0.284 e. The molecule has 0 N–H and O–H groups in total. The maximum atomic E-state index is 13.2. The van der Waals surface area contributed by atoms with E-state index in [0.717, 1.165) is 23.9 Å². The smallest absolute Gasteiger partial charge is 0.268 e. The van der Waals surface area contributed by atoms with Gasteiger partial charge in [-0.25, -0.2) is 12.4 Å². The summed E-state index contributed by atoms with van der Waals surface area (Å²) in [6, 6.07) is 18.2. The summed E-state index contributed by atoms with van der Waals surface area (Å²) in [7, 11) is -3.66. The molecule has 142 valence electrons. The van der Waals surface area contributed by atoms with Gasteiger partial charge in [-0.3, -0.25) is 4.90 Å². The third kappa shape index (κ3) is 3.35. The minimum Gasteiger partial charge on any atom is -0.284 e. The molecule has 5 nitrogen and oxygen atoms in total. The number of fused-ring (bicyclic) bond motifs is 1. The van der Waals surface area contributed by atoms with Crippen LogP contribution in [0.25, 0.3) is 10.9 Å². The first-order valence-corrected chi connectivity index (χ1v) is 10.8. The van der Waals surface area contributed by atoms with Gasteiger partial charge in [-0.1, -0.05) is 48.6 Å². The molecule has 28 heavy (non-hydrogen) atoms.